The van der Waals surface area contributed by atoms with Gasteiger partial charge in [0.1, 0.15) is 12.4 Å². The highest BCUT2D eigenvalue weighted by atomic mass is 127. The van der Waals surface area contributed by atoms with Crippen molar-refractivity contribution in [3.8, 4) is 0 Å². The molecule has 9 heteroatoms. The number of likely N-dealkylation sites (tertiary alicyclic amines) is 1. The SMILES string of the molecule is Cc1nnc(CN=C(NCC2CCCO2)N2CCC3(CCOCC3)C2)n1C.I. The molecule has 1 atom stereocenters. The number of rotatable bonds is 4. The zero-order chi connectivity index (χ0) is 18.7. The quantitative estimate of drug-likeness (QED) is 0.384. The van der Waals surface area contributed by atoms with Gasteiger partial charge in [-0.2, -0.15) is 0 Å². The van der Waals surface area contributed by atoms with Gasteiger partial charge in [0.15, 0.2) is 11.8 Å². The zero-order valence-corrected chi connectivity index (χ0v) is 19.4. The van der Waals surface area contributed by atoms with Crippen LogP contribution in [0.5, 0.6) is 0 Å². The molecule has 3 fully saturated rings. The Morgan fingerprint density at radius 2 is 2.07 bits per heavy atom. The molecule has 8 nitrogen and oxygen atoms in total. The normalized spacial score (nSPS) is 24.6. The highest BCUT2D eigenvalue weighted by Gasteiger charge is 2.40. The van der Waals surface area contributed by atoms with Crippen LogP contribution in [0, 0.1) is 12.3 Å². The van der Waals surface area contributed by atoms with E-state index in [-0.39, 0.29) is 24.0 Å². The van der Waals surface area contributed by atoms with Crippen LogP contribution in [0.2, 0.25) is 0 Å². The molecular formula is C19H33IN6O2. The first-order valence-corrected chi connectivity index (χ1v) is 10.2. The predicted octanol–water partition coefficient (Wildman–Crippen LogP) is 1.87. The molecule has 3 saturated heterocycles. The third-order valence-electron chi connectivity index (χ3n) is 6.36. The third-order valence-corrected chi connectivity index (χ3v) is 6.36. The van der Waals surface area contributed by atoms with Gasteiger partial charge in [-0.3, -0.25) is 0 Å². The van der Waals surface area contributed by atoms with Gasteiger partial charge in [-0.15, -0.1) is 34.2 Å². The van der Waals surface area contributed by atoms with Gasteiger partial charge in [-0.1, -0.05) is 0 Å². The molecule has 158 valence electrons. The minimum atomic E-state index is 0. The van der Waals surface area contributed by atoms with E-state index in [1.54, 1.807) is 0 Å². The molecule has 1 unspecified atom stereocenters. The number of aromatic nitrogens is 3. The summed E-state index contributed by atoms with van der Waals surface area (Å²) in [6.07, 6.45) is 6.12. The number of hydrogen-bond acceptors (Lipinski definition) is 5. The van der Waals surface area contributed by atoms with Crippen molar-refractivity contribution in [1.29, 1.82) is 0 Å². The van der Waals surface area contributed by atoms with Crippen LogP contribution in [0.1, 0.15) is 43.8 Å². The van der Waals surface area contributed by atoms with E-state index in [0.29, 0.717) is 18.1 Å². The molecule has 28 heavy (non-hydrogen) atoms. The molecule has 1 spiro atoms. The maximum atomic E-state index is 5.78. The van der Waals surface area contributed by atoms with Gasteiger partial charge in [0.2, 0.25) is 0 Å². The van der Waals surface area contributed by atoms with Crippen LogP contribution >= 0.6 is 24.0 Å². The first-order chi connectivity index (χ1) is 13.2. The van der Waals surface area contributed by atoms with Gasteiger partial charge in [0.05, 0.1) is 6.10 Å². The highest BCUT2D eigenvalue weighted by Crippen LogP contribution is 2.39. The Morgan fingerprint density at radius 1 is 1.25 bits per heavy atom. The molecule has 4 rings (SSSR count). The Labute approximate surface area is 184 Å². The minimum absolute atomic E-state index is 0. The van der Waals surface area contributed by atoms with Gasteiger partial charge in [0.25, 0.3) is 0 Å². The lowest BCUT2D eigenvalue weighted by Crippen LogP contribution is -2.44. The Kier molecular flexibility index (Phi) is 7.54. The smallest absolute Gasteiger partial charge is 0.194 e. The molecule has 0 aromatic carbocycles. The van der Waals surface area contributed by atoms with Crippen molar-refractivity contribution in [2.75, 3.05) is 39.5 Å². The van der Waals surface area contributed by atoms with E-state index in [2.05, 4.69) is 20.4 Å². The summed E-state index contributed by atoms with van der Waals surface area (Å²) in [7, 11) is 1.99. The van der Waals surface area contributed by atoms with Gasteiger partial charge in [0, 0.05) is 46.5 Å². The summed E-state index contributed by atoms with van der Waals surface area (Å²) >= 11 is 0. The third kappa shape index (κ3) is 4.96. The van der Waals surface area contributed by atoms with Crippen LogP contribution in [0.15, 0.2) is 4.99 Å². The molecule has 4 heterocycles. The number of nitrogens with one attached hydrogen (secondary N) is 1. The highest BCUT2D eigenvalue weighted by molar-refractivity contribution is 14.0. The van der Waals surface area contributed by atoms with Crippen molar-refractivity contribution in [1.82, 2.24) is 25.0 Å². The Balaban J connectivity index is 0.00000225. The van der Waals surface area contributed by atoms with E-state index >= 15 is 0 Å². The number of aryl methyl sites for hydroxylation is 1. The Bertz CT molecular complexity index is 667. The van der Waals surface area contributed by atoms with Crippen LogP contribution < -0.4 is 5.32 Å². The molecule has 0 bridgehead atoms. The fourth-order valence-electron chi connectivity index (χ4n) is 4.34. The average Bonchev–Trinajstić information content (AvgIpc) is 3.40. The summed E-state index contributed by atoms with van der Waals surface area (Å²) in [5, 5.41) is 12.0. The summed E-state index contributed by atoms with van der Waals surface area (Å²) in [5.41, 5.74) is 0.395. The van der Waals surface area contributed by atoms with Crippen LogP contribution in [-0.2, 0) is 23.1 Å². The molecule has 3 aliphatic rings. The maximum Gasteiger partial charge on any atom is 0.194 e. The molecule has 1 N–H and O–H groups in total. The fourth-order valence-corrected chi connectivity index (χ4v) is 4.34. The van der Waals surface area contributed by atoms with Crippen molar-refractivity contribution < 1.29 is 9.47 Å². The lowest BCUT2D eigenvalue weighted by molar-refractivity contribution is 0.0217. The summed E-state index contributed by atoms with van der Waals surface area (Å²) in [6.45, 7) is 8.10. The van der Waals surface area contributed by atoms with E-state index in [4.69, 9.17) is 14.5 Å². The van der Waals surface area contributed by atoms with Crippen LogP contribution in [0.25, 0.3) is 0 Å². The Morgan fingerprint density at radius 3 is 2.75 bits per heavy atom. The second-order valence-corrected chi connectivity index (χ2v) is 8.16. The van der Waals surface area contributed by atoms with Crippen molar-refractivity contribution in [3.05, 3.63) is 11.6 Å². The van der Waals surface area contributed by atoms with Gasteiger partial charge >= 0.3 is 0 Å². The summed E-state index contributed by atoms with van der Waals surface area (Å²) in [5.74, 6) is 2.79. The summed E-state index contributed by atoms with van der Waals surface area (Å²) < 4.78 is 13.4. The topological polar surface area (TPSA) is 76.8 Å². The molecule has 1 aromatic rings. The van der Waals surface area contributed by atoms with Gasteiger partial charge in [-0.25, -0.2) is 4.99 Å². The van der Waals surface area contributed by atoms with Crippen molar-refractivity contribution in [3.63, 3.8) is 0 Å². The van der Waals surface area contributed by atoms with E-state index in [9.17, 15) is 0 Å². The van der Waals surface area contributed by atoms with Crippen molar-refractivity contribution in [2.24, 2.45) is 17.5 Å². The summed E-state index contributed by atoms with van der Waals surface area (Å²) in [4.78, 5) is 7.33. The largest absolute Gasteiger partial charge is 0.381 e. The number of ether oxygens (including phenoxy) is 2. The number of hydrogen-bond donors (Lipinski definition) is 1. The summed E-state index contributed by atoms with van der Waals surface area (Å²) in [6, 6.07) is 0. The van der Waals surface area contributed by atoms with E-state index in [1.165, 1.54) is 6.42 Å². The van der Waals surface area contributed by atoms with Crippen LogP contribution in [-0.4, -0.2) is 71.2 Å². The monoisotopic (exact) mass is 504 g/mol. The van der Waals surface area contributed by atoms with E-state index in [0.717, 1.165) is 82.7 Å². The van der Waals surface area contributed by atoms with E-state index in [1.807, 2.05) is 18.5 Å². The maximum absolute atomic E-state index is 5.78. The second-order valence-electron chi connectivity index (χ2n) is 8.16. The molecular weight excluding hydrogens is 471 g/mol. The number of nitrogens with zero attached hydrogens (tertiary/aromatic N) is 5. The zero-order valence-electron chi connectivity index (χ0n) is 17.0. The number of halogens is 1. The van der Waals surface area contributed by atoms with Crippen LogP contribution in [0.3, 0.4) is 0 Å². The van der Waals surface area contributed by atoms with Gasteiger partial charge < -0.3 is 24.3 Å². The Hall–Kier alpha value is -0.940. The average molecular weight is 504 g/mol. The molecule has 0 aliphatic carbocycles. The molecule has 0 saturated carbocycles. The number of aliphatic imine (C=N–C) groups is 1. The standard InChI is InChI=1S/C19H32N6O2.HI/c1-15-22-23-17(24(15)2)13-21-18(20-12-16-4-3-9-27-16)25-8-5-19(14-25)6-10-26-11-7-19;/h16H,3-14H2,1-2H3,(H,20,21);1H. The molecule has 0 radical (unpaired) electrons. The first-order valence-electron chi connectivity index (χ1n) is 10.2. The van der Waals surface area contributed by atoms with Gasteiger partial charge in [-0.05, 0) is 44.4 Å². The predicted molar refractivity (Wildman–Crippen MR) is 118 cm³/mol. The van der Waals surface area contributed by atoms with Crippen molar-refractivity contribution >= 4 is 29.9 Å². The first kappa shape index (κ1) is 21.8. The minimum Gasteiger partial charge on any atom is -0.381 e. The molecule has 1 aromatic heterocycles. The van der Waals surface area contributed by atoms with E-state index < -0.39 is 0 Å². The number of guanidine groups is 1. The fraction of sp³-hybridized carbons (Fsp3) is 0.842. The molecule has 3 aliphatic heterocycles. The lowest BCUT2D eigenvalue weighted by atomic mass is 9.80. The molecule has 0 amide bonds. The van der Waals surface area contributed by atoms with Crippen LogP contribution in [0.4, 0.5) is 0 Å². The lowest BCUT2D eigenvalue weighted by Gasteiger charge is -2.33. The van der Waals surface area contributed by atoms with Crippen molar-refractivity contribution in [2.45, 2.75) is 51.7 Å². The second kappa shape index (κ2) is 9.71.